The van der Waals surface area contributed by atoms with E-state index >= 15 is 0 Å². The fourth-order valence-corrected chi connectivity index (χ4v) is 4.29. The number of aromatic nitrogens is 1. The van der Waals surface area contributed by atoms with Gasteiger partial charge in [-0.1, -0.05) is 18.5 Å². The smallest absolute Gasteiger partial charge is 0.335 e. The molecule has 40 heavy (non-hydrogen) atoms. The molecule has 0 saturated heterocycles. The second-order valence-corrected chi connectivity index (χ2v) is 10.5. The minimum Gasteiger partial charge on any atom is -0.495 e. The molecule has 3 aromatic rings. The number of carbonyl (C=O) groups excluding carboxylic acids is 2. The highest BCUT2D eigenvalue weighted by Crippen LogP contribution is 2.34. The Morgan fingerprint density at radius 3 is 2.30 bits per heavy atom. The number of hydrogen-bond donors (Lipinski definition) is 2. The van der Waals surface area contributed by atoms with Crippen molar-refractivity contribution >= 4 is 34.9 Å². The minimum atomic E-state index is -1.09. The first-order valence-electron chi connectivity index (χ1n) is 12.8. The third-order valence-corrected chi connectivity index (χ3v) is 6.36. The van der Waals surface area contributed by atoms with E-state index in [2.05, 4.69) is 5.32 Å². The predicted molar refractivity (Wildman–Crippen MR) is 154 cm³/mol. The summed E-state index contributed by atoms with van der Waals surface area (Å²) in [6.07, 6.45) is 1.86. The number of amides is 1. The summed E-state index contributed by atoms with van der Waals surface area (Å²) >= 11 is 6.24. The first kappa shape index (κ1) is 30.6. The second kappa shape index (κ2) is 12.9. The fraction of sp³-hybridized carbons (Fsp3) is 0.333. The Bertz CT molecular complexity index is 1460. The predicted octanol–water partition coefficient (Wildman–Crippen LogP) is 5.85. The van der Waals surface area contributed by atoms with Gasteiger partial charge in [0.15, 0.2) is 5.78 Å². The number of benzene rings is 2. The number of anilines is 1. The molecule has 0 radical (unpaired) electrons. The van der Waals surface area contributed by atoms with E-state index in [9.17, 15) is 19.2 Å². The summed E-state index contributed by atoms with van der Waals surface area (Å²) in [6.45, 7) is 7.58. The summed E-state index contributed by atoms with van der Waals surface area (Å²) in [6, 6.07) is 10.9. The largest absolute Gasteiger partial charge is 0.495 e. The van der Waals surface area contributed by atoms with Crippen LogP contribution in [0.25, 0.3) is 11.1 Å². The van der Waals surface area contributed by atoms with Gasteiger partial charge in [0.2, 0.25) is 5.91 Å². The number of ketones is 1. The molecule has 1 aromatic heterocycles. The molecule has 2 aromatic carbocycles. The van der Waals surface area contributed by atoms with E-state index in [4.69, 9.17) is 26.2 Å². The summed E-state index contributed by atoms with van der Waals surface area (Å²) in [5, 5.41) is 12.3. The van der Waals surface area contributed by atoms with Gasteiger partial charge in [0.05, 0.1) is 24.5 Å². The van der Waals surface area contributed by atoms with Gasteiger partial charge in [0.25, 0.3) is 5.56 Å². The van der Waals surface area contributed by atoms with E-state index in [1.807, 2.05) is 20.8 Å². The third kappa shape index (κ3) is 7.58. The molecule has 10 heteroatoms. The standard InChI is InChI=1S/C30H33ClN2O7/c1-6-25(34)21-12-9-19(31)15-22(21)23-16-27(35)33(17-26(23)39-5)24(13-14-40-30(2,3)4)28(36)32-20-10-7-18(8-11-20)29(37)38/h7-12,15-17,24H,6,13-14H2,1-5H3,(H,32,36)(H,37,38)/t24-/m0/s1. The first-order valence-corrected chi connectivity index (χ1v) is 13.1. The van der Waals surface area contributed by atoms with Crippen molar-refractivity contribution in [3.05, 3.63) is 81.2 Å². The second-order valence-electron chi connectivity index (χ2n) is 10.1. The maximum atomic E-state index is 13.5. The van der Waals surface area contributed by atoms with Gasteiger partial charge in [-0.25, -0.2) is 4.79 Å². The Morgan fingerprint density at radius 2 is 1.73 bits per heavy atom. The number of Topliss-reactive ketones (excluding diaryl/α,β-unsaturated/α-hetero) is 1. The van der Waals surface area contributed by atoms with Gasteiger partial charge in [-0.05, 0) is 68.8 Å². The van der Waals surface area contributed by atoms with Crippen LogP contribution in [-0.2, 0) is 9.53 Å². The van der Waals surface area contributed by atoms with E-state index in [1.54, 1.807) is 25.1 Å². The monoisotopic (exact) mass is 568 g/mol. The van der Waals surface area contributed by atoms with Crippen LogP contribution in [0.15, 0.2) is 59.5 Å². The molecule has 1 amide bonds. The van der Waals surface area contributed by atoms with E-state index < -0.39 is 29.1 Å². The number of carboxylic acid groups (broad SMARTS) is 1. The van der Waals surface area contributed by atoms with E-state index in [1.165, 1.54) is 48.2 Å². The molecule has 212 valence electrons. The van der Waals surface area contributed by atoms with Crippen LogP contribution in [0.5, 0.6) is 5.75 Å². The van der Waals surface area contributed by atoms with Gasteiger partial charge in [-0.3, -0.25) is 19.0 Å². The lowest BCUT2D eigenvalue weighted by Gasteiger charge is -2.24. The number of nitrogens with one attached hydrogen (secondary N) is 1. The molecule has 9 nitrogen and oxygen atoms in total. The molecule has 0 aliphatic carbocycles. The van der Waals surface area contributed by atoms with Gasteiger partial charge >= 0.3 is 5.97 Å². The molecular weight excluding hydrogens is 536 g/mol. The van der Waals surface area contributed by atoms with Gasteiger partial charge in [-0.2, -0.15) is 0 Å². The average molecular weight is 569 g/mol. The molecule has 0 fully saturated rings. The molecule has 1 heterocycles. The Kier molecular flexibility index (Phi) is 9.89. The SMILES string of the molecule is CCC(=O)c1ccc(Cl)cc1-c1cc(=O)n([C@@H](CCOC(C)(C)C)C(=O)Nc2ccc(C(=O)O)cc2)cc1OC. The fourth-order valence-electron chi connectivity index (χ4n) is 4.11. The maximum absolute atomic E-state index is 13.5. The summed E-state index contributed by atoms with van der Waals surface area (Å²) < 4.78 is 12.7. The van der Waals surface area contributed by atoms with Crippen molar-refractivity contribution in [3.63, 3.8) is 0 Å². The number of aromatic carboxylic acids is 1. The molecule has 1 atom stereocenters. The summed E-state index contributed by atoms with van der Waals surface area (Å²) in [4.78, 5) is 50.8. The zero-order valence-electron chi connectivity index (χ0n) is 23.1. The zero-order valence-corrected chi connectivity index (χ0v) is 23.9. The van der Waals surface area contributed by atoms with Crippen molar-refractivity contribution in [1.29, 1.82) is 0 Å². The van der Waals surface area contributed by atoms with Gasteiger partial charge in [0, 0.05) is 47.4 Å². The van der Waals surface area contributed by atoms with Crippen LogP contribution < -0.4 is 15.6 Å². The molecule has 0 aliphatic heterocycles. The molecule has 0 aliphatic rings. The number of ether oxygens (including phenoxy) is 2. The normalized spacial score (nSPS) is 12.1. The summed E-state index contributed by atoms with van der Waals surface area (Å²) in [5.74, 6) is -1.44. The number of rotatable bonds is 11. The van der Waals surface area contributed by atoms with Gasteiger partial charge in [0.1, 0.15) is 11.8 Å². The number of hydrogen-bond acceptors (Lipinski definition) is 6. The molecule has 2 N–H and O–H groups in total. The lowest BCUT2D eigenvalue weighted by molar-refractivity contribution is -0.120. The molecule has 0 spiro atoms. The van der Waals surface area contributed by atoms with Crippen LogP contribution in [0.2, 0.25) is 5.02 Å². The van der Waals surface area contributed by atoms with Gasteiger partial charge < -0.3 is 19.9 Å². The molecule has 0 unspecified atom stereocenters. The van der Waals surface area contributed by atoms with Crippen LogP contribution in [0.3, 0.4) is 0 Å². The Balaban J connectivity index is 2.06. The van der Waals surface area contributed by atoms with Gasteiger partial charge in [-0.15, -0.1) is 0 Å². The van der Waals surface area contributed by atoms with Crippen molar-refractivity contribution in [2.75, 3.05) is 19.0 Å². The van der Waals surface area contributed by atoms with E-state index in [-0.39, 0.29) is 36.5 Å². The highest BCUT2D eigenvalue weighted by atomic mass is 35.5. The van der Waals surface area contributed by atoms with Crippen molar-refractivity contribution in [2.45, 2.75) is 52.2 Å². The zero-order chi connectivity index (χ0) is 29.6. The Hall–Kier alpha value is -3.95. The number of halogens is 1. The topological polar surface area (TPSA) is 124 Å². The third-order valence-electron chi connectivity index (χ3n) is 6.12. The van der Waals surface area contributed by atoms with E-state index in [0.717, 1.165) is 0 Å². The quantitative estimate of drug-likeness (QED) is 0.278. The highest BCUT2D eigenvalue weighted by molar-refractivity contribution is 6.31. The van der Waals surface area contributed by atoms with Crippen LogP contribution in [0.1, 0.15) is 67.3 Å². The minimum absolute atomic E-state index is 0.0756. The molecule has 3 rings (SSSR count). The van der Waals surface area contributed by atoms with Crippen molar-refractivity contribution < 1.29 is 29.0 Å². The van der Waals surface area contributed by atoms with Crippen LogP contribution in [0, 0.1) is 0 Å². The van der Waals surface area contributed by atoms with E-state index in [0.29, 0.717) is 27.4 Å². The number of pyridine rings is 1. The lowest BCUT2D eigenvalue weighted by atomic mass is 9.96. The first-order chi connectivity index (χ1) is 18.8. The molecular formula is C30H33ClN2O7. The summed E-state index contributed by atoms with van der Waals surface area (Å²) in [7, 11) is 1.43. The van der Waals surface area contributed by atoms with Crippen molar-refractivity contribution in [2.24, 2.45) is 0 Å². The van der Waals surface area contributed by atoms with Crippen molar-refractivity contribution in [1.82, 2.24) is 4.57 Å². The molecule has 0 saturated carbocycles. The Labute approximate surface area is 237 Å². The molecule has 0 bridgehead atoms. The average Bonchev–Trinajstić information content (AvgIpc) is 2.90. The number of nitrogens with zero attached hydrogens (tertiary/aromatic N) is 1. The maximum Gasteiger partial charge on any atom is 0.335 e. The number of methoxy groups -OCH3 is 1. The van der Waals surface area contributed by atoms with Crippen molar-refractivity contribution in [3.8, 4) is 16.9 Å². The number of carboxylic acids is 1. The summed E-state index contributed by atoms with van der Waals surface area (Å²) in [5.41, 5.74) is 0.715. The van der Waals surface area contributed by atoms with Crippen LogP contribution in [0.4, 0.5) is 5.69 Å². The highest BCUT2D eigenvalue weighted by Gasteiger charge is 2.26. The Morgan fingerprint density at radius 1 is 1.05 bits per heavy atom. The lowest BCUT2D eigenvalue weighted by Crippen LogP contribution is -2.34. The van der Waals surface area contributed by atoms with Crippen LogP contribution in [-0.4, -0.2) is 46.7 Å². The number of carbonyl (C=O) groups is 3. The van der Waals surface area contributed by atoms with Crippen LogP contribution >= 0.6 is 11.6 Å².